The first-order chi connectivity index (χ1) is 39.9. The van der Waals surface area contributed by atoms with Gasteiger partial charge < -0.3 is 69.3 Å². The standard InChI is InChI=1S/C62H82N6O14/c1-5-21-77-57-39-15-9-16-40(57)30-44-26-38(14-12-20-68-34-48(64-66-68)62-56(76)54(74)52(72)50(36-70)82-62)28-46(60(44)80-24-8-4)32-42-18-10-17-41(58(42)78-22-6-2)31-45-27-37(25-43(29-39)59(45)79-23-7-3)13-11-19-67-33-47(63-65-67)61-55(75)53(73)51(71)49(35-69)81-61/h9-10,15-18,25-28,33-34,49-56,61-62,69-76H,5-8,11-14,19-24,29-32,35-36H2,1-4H3/t49-,50-,51-,52-,53+,54+,55-,56-,61+,62+/m1/s1. The van der Waals surface area contributed by atoms with Crippen molar-refractivity contribution >= 4 is 0 Å². The summed E-state index contributed by atoms with van der Waals surface area (Å²) in [6.45, 7) is 10.4. The van der Waals surface area contributed by atoms with Crippen LogP contribution in [0.5, 0.6) is 23.0 Å². The minimum absolute atomic E-state index is 0.289. The van der Waals surface area contributed by atoms with Crippen molar-refractivity contribution in [2.45, 2.75) is 179 Å². The monoisotopic (exact) mass is 1130 g/mol. The van der Waals surface area contributed by atoms with Gasteiger partial charge in [0.15, 0.2) is 0 Å². The topological polar surface area (TPSA) is 279 Å². The number of nitrogens with zero attached hydrogens (tertiary/aromatic N) is 6. The molecule has 0 saturated carbocycles. The molecule has 8 N–H and O–H groups in total. The van der Waals surface area contributed by atoms with E-state index < -0.39 is 74.3 Å². The SMILES string of the molecule is CCCOc1c2cccc1Cc1cc(CCCn3cc([C@@H]4O[C@H](CO)[C@@H](O)[C@H](O)[C@H]4O)nn3)cc(c1OCCC)Cc1cccc(c1OCCC)Cc1cc(CCCn3cc([C@@H]4O[C@H](CO)[C@@H](O)[C@H](O)[C@H]4O)nn3)cc(c1OCCC)C2. The molecule has 20 heteroatoms. The van der Waals surface area contributed by atoms with Crippen molar-refractivity contribution in [3.05, 3.63) is 140 Å². The second kappa shape index (κ2) is 28.5. The van der Waals surface area contributed by atoms with Gasteiger partial charge in [-0.25, -0.2) is 0 Å². The van der Waals surface area contributed by atoms with Crippen molar-refractivity contribution in [3.63, 3.8) is 0 Å². The van der Waals surface area contributed by atoms with Gasteiger partial charge in [0.2, 0.25) is 0 Å². The zero-order valence-electron chi connectivity index (χ0n) is 47.6. The summed E-state index contributed by atoms with van der Waals surface area (Å²) in [7, 11) is 0. The first-order valence-corrected chi connectivity index (χ1v) is 29.3. The number of aryl methyl sites for hydroxylation is 4. The summed E-state index contributed by atoms with van der Waals surface area (Å²) in [5, 5.41) is 99.9. The van der Waals surface area contributed by atoms with E-state index in [1.807, 2.05) is 0 Å². The number of hydrogen-bond acceptors (Lipinski definition) is 18. The van der Waals surface area contributed by atoms with Crippen LogP contribution in [-0.2, 0) is 61.1 Å². The Hall–Kier alpha value is -6.04. The van der Waals surface area contributed by atoms with Crippen LogP contribution in [0.4, 0.5) is 0 Å². The summed E-state index contributed by atoms with van der Waals surface area (Å²) in [5.74, 6) is 3.36. The van der Waals surface area contributed by atoms with E-state index in [0.717, 1.165) is 104 Å². The molecule has 2 aliphatic heterocycles. The summed E-state index contributed by atoms with van der Waals surface area (Å²) < 4.78 is 42.2. The van der Waals surface area contributed by atoms with Gasteiger partial charge >= 0.3 is 0 Å². The molecule has 9 rings (SSSR count). The maximum atomic E-state index is 10.8. The van der Waals surface area contributed by atoms with Crippen LogP contribution >= 0.6 is 0 Å². The highest BCUT2D eigenvalue weighted by Gasteiger charge is 2.46. The summed E-state index contributed by atoms with van der Waals surface area (Å²) >= 11 is 0. The number of aromatic nitrogens is 6. The average Bonchev–Trinajstić information content (AvgIpc) is 4.31. The van der Waals surface area contributed by atoms with Gasteiger partial charge in [-0.2, -0.15) is 0 Å². The lowest BCUT2D eigenvalue weighted by Crippen LogP contribution is -2.55. The van der Waals surface area contributed by atoms with E-state index in [9.17, 15) is 40.9 Å². The molecular weight excluding hydrogens is 1050 g/mol. The van der Waals surface area contributed by atoms with Crippen molar-refractivity contribution in [2.24, 2.45) is 0 Å². The summed E-state index contributed by atoms with van der Waals surface area (Å²) in [5.41, 5.74) is 11.1. The molecule has 20 nitrogen and oxygen atoms in total. The fourth-order valence-corrected chi connectivity index (χ4v) is 11.4. The Morgan fingerprint density at radius 2 is 0.768 bits per heavy atom. The van der Waals surface area contributed by atoms with Crippen molar-refractivity contribution < 1.29 is 69.3 Å². The van der Waals surface area contributed by atoms with Crippen molar-refractivity contribution in [1.82, 2.24) is 30.0 Å². The van der Waals surface area contributed by atoms with Crippen LogP contribution in [0, 0.1) is 0 Å². The van der Waals surface area contributed by atoms with Gasteiger partial charge in [0.1, 0.15) is 95.4 Å². The lowest BCUT2D eigenvalue weighted by molar-refractivity contribution is -0.232. The predicted molar refractivity (Wildman–Crippen MR) is 302 cm³/mol. The van der Waals surface area contributed by atoms with E-state index >= 15 is 0 Å². The highest BCUT2D eigenvalue weighted by atomic mass is 16.6. The Balaban J connectivity index is 1.07. The first-order valence-electron chi connectivity index (χ1n) is 29.3. The molecule has 2 saturated heterocycles. The fraction of sp³-hybridized carbons (Fsp3) is 0.548. The molecule has 0 unspecified atom stereocenters. The molecule has 2 aromatic heterocycles. The minimum atomic E-state index is -1.52. The molecule has 2 fully saturated rings. The Morgan fingerprint density at radius 3 is 1.07 bits per heavy atom. The molecule has 8 bridgehead atoms. The van der Waals surface area contributed by atoms with Gasteiger partial charge in [-0.15, -0.1) is 10.2 Å². The van der Waals surface area contributed by atoms with Crippen LogP contribution in [0.25, 0.3) is 0 Å². The number of rotatable bonds is 24. The summed E-state index contributed by atoms with van der Waals surface area (Å²) in [6, 6.07) is 21.8. The van der Waals surface area contributed by atoms with Crippen LogP contribution in [0.3, 0.4) is 0 Å². The molecule has 1 aliphatic carbocycles. The van der Waals surface area contributed by atoms with E-state index in [1.165, 1.54) is 0 Å². The Kier molecular flexibility index (Phi) is 21.0. The third kappa shape index (κ3) is 14.0. The number of aliphatic hydroxyl groups excluding tert-OH is 8. The number of fused-ring (bicyclic) bond motifs is 8. The number of hydrogen-bond donors (Lipinski definition) is 8. The second-order valence-corrected chi connectivity index (χ2v) is 21.9. The Labute approximate surface area is 479 Å². The highest BCUT2D eigenvalue weighted by Crippen LogP contribution is 2.41. The van der Waals surface area contributed by atoms with Crippen LogP contribution in [0.1, 0.15) is 145 Å². The van der Waals surface area contributed by atoms with E-state index in [-0.39, 0.29) is 11.4 Å². The second-order valence-electron chi connectivity index (χ2n) is 21.9. The maximum absolute atomic E-state index is 10.8. The van der Waals surface area contributed by atoms with Crippen LogP contribution in [0.15, 0.2) is 73.1 Å². The zero-order chi connectivity index (χ0) is 57.9. The molecule has 6 aromatic rings. The van der Waals surface area contributed by atoms with E-state index in [1.54, 1.807) is 21.8 Å². The molecule has 0 radical (unpaired) electrons. The summed E-state index contributed by atoms with van der Waals surface area (Å²) in [4.78, 5) is 0. The molecule has 4 heterocycles. The van der Waals surface area contributed by atoms with Crippen LogP contribution in [-0.4, -0.2) is 159 Å². The lowest BCUT2D eigenvalue weighted by Gasteiger charge is -2.39. The third-order valence-electron chi connectivity index (χ3n) is 15.5. The molecule has 10 atom stereocenters. The lowest BCUT2D eigenvalue weighted by atomic mass is 9.89. The fourth-order valence-electron chi connectivity index (χ4n) is 11.4. The normalized spacial score (nSPS) is 23.6. The predicted octanol–water partition coefficient (Wildman–Crippen LogP) is 5.00. The zero-order valence-corrected chi connectivity index (χ0v) is 47.6. The van der Waals surface area contributed by atoms with Crippen LogP contribution < -0.4 is 18.9 Å². The summed E-state index contributed by atoms with van der Waals surface area (Å²) in [6.07, 6.45) is -1.73. The maximum Gasteiger partial charge on any atom is 0.132 e. The third-order valence-corrected chi connectivity index (χ3v) is 15.5. The average molecular weight is 1140 g/mol. The minimum Gasteiger partial charge on any atom is -0.493 e. The van der Waals surface area contributed by atoms with Gasteiger partial charge in [0, 0.05) is 38.8 Å². The van der Waals surface area contributed by atoms with Crippen molar-refractivity contribution in [2.75, 3.05) is 39.6 Å². The van der Waals surface area contributed by atoms with Gasteiger partial charge in [-0.1, -0.05) is 98.8 Å². The largest absolute Gasteiger partial charge is 0.493 e. The van der Waals surface area contributed by atoms with Crippen LogP contribution in [0.2, 0.25) is 0 Å². The molecule has 3 aliphatic rings. The smallest absolute Gasteiger partial charge is 0.132 e. The number of benzene rings is 4. The molecule has 82 heavy (non-hydrogen) atoms. The number of para-hydroxylation sites is 2. The van der Waals surface area contributed by atoms with Gasteiger partial charge in [-0.05, 0) is 107 Å². The molecule has 4 aromatic carbocycles. The van der Waals surface area contributed by atoms with Gasteiger partial charge in [0.25, 0.3) is 0 Å². The van der Waals surface area contributed by atoms with Gasteiger partial charge in [0.05, 0.1) is 52.0 Å². The number of ether oxygens (including phenoxy) is 6. The molecule has 0 amide bonds. The van der Waals surface area contributed by atoms with Crippen molar-refractivity contribution in [3.8, 4) is 23.0 Å². The van der Waals surface area contributed by atoms with E-state index in [4.69, 9.17) is 28.4 Å². The van der Waals surface area contributed by atoms with E-state index in [0.29, 0.717) is 90.9 Å². The Bertz CT molecular complexity index is 2730. The number of aliphatic hydroxyl groups is 8. The quantitative estimate of drug-likeness (QED) is 0.0395. The van der Waals surface area contributed by atoms with E-state index in [2.05, 4.69) is 109 Å². The first kappa shape index (κ1) is 60.5. The van der Waals surface area contributed by atoms with Crippen molar-refractivity contribution in [1.29, 1.82) is 0 Å². The molecule has 444 valence electrons. The Morgan fingerprint density at radius 1 is 0.451 bits per heavy atom. The highest BCUT2D eigenvalue weighted by molar-refractivity contribution is 5.57. The molecule has 0 spiro atoms. The van der Waals surface area contributed by atoms with Gasteiger partial charge in [-0.3, -0.25) is 9.36 Å². The molecular formula is C62H82N6O14.